The number of hydrogen-bond acceptors (Lipinski definition) is 6. The Kier molecular flexibility index (Phi) is 11.6. The normalized spacial score (nSPS) is 10.7. The lowest BCUT2D eigenvalue weighted by atomic mass is 10.0. The lowest BCUT2D eigenvalue weighted by molar-refractivity contribution is -0.139. The molecule has 0 aliphatic rings. The van der Waals surface area contributed by atoms with Crippen LogP contribution in [-0.4, -0.2) is 24.9 Å². The predicted octanol–water partition coefficient (Wildman–Crippen LogP) is 11.3. The Balaban J connectivity index is 1.26. The molecule has 0 atom stereocenters. The first-order valence-electron chi connectivity index (χ1n) is 17.5. The second-order valence-electron chi connectivity index (χ2n) is 12.4. The van der Waals surface area contributed by atoms with Crippen LogP contribution in [-0.2, 0) is 20.9 Å². The van der Waals surface area contributed by atoms with Gasteiger partial charge < -0.3 is 19.3 Å². The number of nitrogens with zero attached hydrogens (tertiary/aromatic N) is 2. The summed E-state index contributed by atoms with van der Waals surface area (Å²) in [7, 11) is 0. The highest BCUT2D eigenvalue weighted by Gasteiger charge is 2.16. The molecule has 0 saturated heterocycles. The lowest BCUT2D eigenvalue weighted by Gasteiger charge is -2.27. The van der Waals surface area contributed by atoms with Crippen molar-refractivity contribution in [1.82, 2.24) is 0 Å². The summed E-state index contributed by atoms with van der Waals surface area (Å²) >= 11 is 0. The molecule has 0 radical (unpaired) electrons. The van der Waals surface area contributed by atoms with Gasteiger partial charge in [0, 0.05) is 40.8 Å². The Labute approximate surface area is 305 Å². The number of unbranched alkanes of at least 4 members (excludes halogenated alkanes) is 1. The van der Waals surface area contributed by atoms with Crippen molar-refractivity contribution in [2.75, 3.05) is 23.0 Å². The van der Waals surface area contributed by atoms with Crippen molar-refractivity contribution in [2.24, 2.45) is 0 Å². The van der Waals surface area contributed by atoms with Gasteiger partial charge in [0.25, 0.3) is 0 Å². The molecule has 6 aromatic rings. The molecule has 0 amide bonds. The van der Waals surface area contributed by atoms with Gasteiger partial charge in [0.15, 0.2) is 12.4 Å². The Morgan fingerprint density at radius 2 is 1.23 bits per heavy atom. The van der Waals surface area contributed by atoms with Crippen molar-refractivity contribution in [3.63, 3.8) is 0 Å². The van der Waals surface area contributed by atoms with Crippen LogP contribution in [0.3, 0.4) is 0 Å². The van der Waals surface area contributed by atoms with Crippen LogP contribution >= 0.6 is 0 Å². The second kappa shape index (κ2) is 17.0. The molecule has 52 heavy (non-hydrogen) atoms. The first kappa shape index (κ1) is 35.4. The highest BCUT2D eigenvalue weighted by Crippen LogP contribution is 2.40. The molecule has 0 spiro atoms. The van der Waals surface area contributed by atoms with Crippen LogP contribution in [0.2, 0.25) is 0 Å². The Hall–Kier alpha value is -6.40. The lowest BCUT2D eigenvalue weighted by Crippen LogP contribution is -2.18. The Morgan fingerprint density at radius 3 is 1.85 bits per heavy atom. The maximum atomic E-state index is 11.7. The fourth-order valence-corrected chi connectivity index (χ4v) is 6.08. The van der Waals surface area contributed by atoms with Crippen LogP contribution in [0.5, 0.6) is 5.75 Å². The molecule has 0 fully saturated rings. The van der Waals surface area contributed by atoms with Crippen LogP contribution in [0.1, 0.15) is 25.3 Å². The van der Waals surface area contributed by atoms with Gasteiger partial charge in [0.05, 0.1) is 5.69 Å². The minimum absolute atomic E-state index is 0.0429. The van der Waals surface area contributed by atoms with E-state index in [9.17, 15) is 9.59 Å². The summed E-state index contributed by atoms with van der Waals surface area (Å²) in [6.45, 7) is 10.2. The predicted molar refractivity (Wildman–Crippen MR) is 213 cm³/mol. The number of hydrogen-bond donors (Lipinski definition) is 0. The van der Waals surface area contributed by atoms with Crippen LogP contribution in [0, 0.1) is 0 Å². The largest absolute Gasteiger partial charge is 0.485 e. The molecular weight excluding hydrogens is 645 g/mol. The maximum absolute atomic E-state index is 11.7. The van der Waals surface area contributed by atoms with E-state index < -0.39 is 5.97 Å². The van der Waals surface area contributed by atoms with Gasteiger partial charge in [-0.25, -0.2) is 4.79 Å². The molecule has 6 rings (SSSR count). The fraction of sp³-hybridized carbons (Fsp3) is 0.130. The number of carbonyl (C=O) groups excluding carboxylic acids is 2. The number of ketones is 1. The second-order valence-corrected chi connectivity index (χ2v) is 12.4. The van der Waals surface area contributed by atoms with E-state index in [1.165, 1.54) is 12.2 Å². The zero-order valence-corrected chi connectivity index (χ0v) is 29.4. The van der Waals surface area contributed by atoms with Gasteiger partial charge >= 0.3 is 5.97 Å². The van der Waals surface area contributed by atoms with Gasteiger partial charge in [0.2, 0.25) is 0 Å². The molecule has 260 valence electrons. The molecule has 0 aliphatic carbocycles. The molecule has 0 heterocycles. The van der Waals surface area contributed by atoms with E-state index in [2.05, 4.69) is 133 Å². The summed E-state index contributed by atoms with van der Waals surface area (Å²) < 4.78 is 10.9. The minimum Gasteiger partial charge on any atom is -0.485 e. The topological polar surface area (TPSA) is 59.1 Å². The molecule has 0 bridgehead atoms. The average Bonchev–Trinajstić information content (AvgIpc) is 3.20. The summed E-state index contributed by atoms with van der Waals surface area (Å²) in [5.74, 6) is 0.0241. The van der Waals surface area contributed by atoms with Crippen molar-refractivity contribution in [3.8, 4) is 16.9 Å². The summed E-state index contributed by atoms with van der Waals surface area (Å²) in [5, 5.41) is 2.29. The van der Waals surface area contributed by atoms with Gasteiger partial charge in [-0.2, -0.15) is 0 Å². The number of benzene rings is 6. The van der Waals surface area contributed by atoms with Gasteiger partial charge in [-0.3, -0.25) is 4.79 Å². The van der Waals surface area contributed by atoms with E-state index in [1.54, 1.807) is 0 Å². The first-order valence-corrected chi connectivity index (χ1v) is 17.5. The van der Waals surface area contributed by atoms with Crippen LogP contribution in [0.25, 0.3) is 21.9 Å². The van der Waals surface area contributed by atoms with Gasteiger partial charge in [0.1, 0.15) is 12.4 Å². The summed E-state index contributed by atoms with van der Waals surface area (Å²) in [6.07, 6.45) is 4.59. The van der Waals surface area contributed by atoms with Crippen molar-refractivity contribution in [2.45, 2.75) is 26.4 Å². The Morgan fingerprint density at radius 1 is 0.654 bits per heavy atom. The van der Waals surface area contributed by atoms with Crippen molar-refractivity contribution in [1.29, 1.82) is 0 Å². The van der Waals surface area contributed by atoms with E-state index in [0.29, 0.717) is 5.75 Å². The molecule has 0 saturated carbocycles. The van der Waals surface area contributed by atoms with Crippen LogP contribution in [0.4, 0.5) is 28.4 Å². The molecule has 6 nitrogen and oxygen atoms in total. The van der Waals surface area contributed by atoms with E-state index in [1.807, 2.05) is 36.4 Å². The first-order chi connectivity index (χ1) is 25.5. The minimum atomic E-state index is -0.429. The van der Waals surface area contributed by atoms with Crippen molar-refractivity contribution < 1.29 is 19.1 Å². The number of rotatable bonds is 16. The van der Waals surface area contributed by atoms with E-state index >= 15 is 0 Å². The van der Waals surface area contributed by atoms with Gasteiger partial charge in [-0.15, -0.1) is 0 Å². The SMILES string of the molecule is C=CC(=O)COc1ccc(N(c2ccc(-c3ccc(N(CCCC)c4ccc(COC(=O)C=C)cc4)cc3)cc2)c2cccc3ccccc23)cc1. The maximum Gasteiger partial charge on any atom is 0.330 e. The molecule has 0 aromatic heterocycles. The number of ether oxygens (including phenoxy) is 2. The molecule has 0 N–H and O–H groups in total. The van der Waals surface area contributed by atoms with E-state index in [-0.39, 0.29) is 19.0 Å². The van der Waals surface area contributed by atoms with Gasteiger partial charge in [-0.05, 0) is 101 Å². The van der Waals surface area contributed by atoms with Crippen molar-refractivity contribution in [3.05, 3.63) is 170 Å². The average molecular weight is 687 g/mol. The van der Waals surface area contributed by atoms with Crippen LogP contribution < -0.4 is 14.5 Å². The quantitative estimate of drug-likeness (QED) is 0.0746. The summed E-state index contributed by atoms with van der Waals surface area (Å²) in [6, 6.07) is 48.0. The van der Waals surface area contributed by atoms with E-state index in [4.69, 9.17) is 9.47 Å². The number of carbonyl (C=O) groups is 2. The monoisotopic (exact) mass is 686 g/mol. The van der Waals surface area contributed by atoms with Crippen LogP contribution in [0.15, 0.2) is 165 Å². The third-order valence-electron chi connectivity index (χ3n) is 8.88. The highest BCUT2D eigenvalue weighted by atomic mass is 16.5. The fourth-order valence-electron chi connectivity index (χ4n) is 6.08. The van der Waals surface area contributed by atoms with E-state index in [0.717, 1.165) is 75.3 Å². The number of anilines is 5. The number of esters is 1. The third kappa shape index (κ3) is 8.48. The summed E-state index contributed by atoms with van der Waals surface area (Å²) in [5.41, 5.74) is 8.40. The number of fused-ring (bicyclic) bond motifs is 1. The molecule has 6 heteroatoms. The molecule has 6 aromatic carbocycles. The van der Waals surface area contributed by atoms with Gasteiger partial charge in [-0.1, -0.05) is 99.3 Å². The molecule has 0 aliphatic heterocycles. The third-order valence-corrected chi connectivity index (χ3v) is 8.88. The summed E-state index contributed by atoms with van der Waals surface area (Å²) in [4.78, 5) is 27.8. The Bertz CT molecular complexity index is 2130. The molecule has 0 unspecified atom stereocenters. The highest BCUT2D eigenvalue weighted by molar-refractivity contribution is 5.99. The zero-order chi connectivity index (χ0) is 36.3. The zero-order valence-electron chi connectivity index (χ0n) is 29.4. The molecular formula is C46H42N2O4. The standard InChI is InChI=1S/C46H42N2O4/c1-4-7-31-47(38-21-15-34(16-22-38)32-52-46(50)6-3)39-23-17-35(18-24-39)36-19-25-40(26-20-36)48(45-14-10-12-37-11-8-9-13-44(37)45)41-27-29-43(30-28-41)51-33-42(49)5-2/h5-6,8-30H,2-4,7,31-33H2,1H3. The van der Waals surface area contributed by atoms with Crippen molar-refractivity contribution >= 4 is 51.0 Å². The smallest absolute Gasteiger partial charge is 0.330 e.